The summed E-state index contributed by atoms with van der Waals surface area (Å²) in [7, 11) is -4.17. The van der Waals surface area contributed by atoms with Crippen LogP contribution in [0.2, 0.25) is 0 Å². The number of carbonyl (C=O) groups is 2. The fourth-order valence-electron chi connectivity index (χ4n) is 4.26. The van der Waals surface area contributed by atoms with Gasteiger partial charge in [-0.25, -0.2) is 8.42 Å². The van der Waals surface area contributed by atoms with Gasteiger partial charge in [-0.15, -0.1) is 0 Å². The van der Waals surface area contributed by atoms with Crippen LogP contribution in [0, 0.1) is 0 Å². The van der Waals surface area contributed by atoms with Crippen molar-refractivity contribution in [1.82, 2.24) is 10.2 Å². The van der Waals surface area contributed by atoms with Gasteiger partial charge >= 0.3 is 0 Å². The first-order chi connectivity index (χ1) is 19.1. The molecule has 0 bridgehead atoms. The van der Waals surface area contributed by atoms with E-state index in [0.29, 0.717) is 24.7 Å². The number of hydrogen-bond acceptors (Lipinski definition) is 6. The van der Waals surface area contributed by atoms with E-state index >= 15 is 0 Å². The number of ether oxygens (including phenoxy) is 2. The average molecular weight is 631 g/mol. The Kier molecular flexibility index (Phi) is 9.36. The maximum absolute atomic E-state index is 14.0. The van der Waals surface area contributed by atoms with Crippen LogP contribution >= 0.6 is 15.9 Å². The second-order valence-electron chi connectivity index (χ2n) is 9.64. The maximum Gasteiger partial charge on any atom is 0.264 e. The lowest BCUT2D eigenvalue weighted by Gasteiger charge is -2.32. The van der Waals surface area contributed by atoms with Crippen molar-refractivity contribution >= 4 is 43.5 Å². The van der Waals surface area contributed by atoms with Crippen LogP contribution in [0.5, 0.6) is 11.5 Å². The molecule has 9 nitrogen and oxygen atoms in total. The topological polar surface area (TPSA) is 105 Å². The summed E-state index contributed by atoms with van der Waals surface area (Å²) in [6, 6.07) is 19.1. The Morgan fingerprint density at radius 1 is 0.925 bits per heavy atom. The summed E-state index contributed by atoms with van der Waals surface area (Å²) in [6.07, 6.45) is 0. The highest BCUT2D eigenvalue weighted by atomic mass is 79.9. The van der Waals surface area contributed by atoms with Crippen LogP contribution in [-0.2, 0) is 26.2 Å². The van der Waals surface area contributed by atoms with Gasteiger partial charge in [-0.3, -0.25) is 13.9 Å². The Morgan fingerprint density at radius 3 is 2.30 bits per heavy atom. The molecule has 1 N–H and O–H groups in total. The highest BCUT2D eigenvalue weighted by Crippen LogP contribution is 2.36. The van der Waals surface area contributed by atoms with E-state index < -0.39 is 28.5 Å². The first-order valence-corrected chi connectivity index (χ1v) is 15.1. The van der Waals surface area contributed by atoms with E-state index in [1.54, 1.807) is 43.3 Å². The third kappa shape index (κ3) is 6.95. The number of sulfonamides is 1. The van der Waals surface area contributed by atoms with Gasteiger partial charge in [-0.1, -0.05) is 46.3 Å². The molecule has 40 heavy (non-hydrogen) atoms. The third-order valence-electron chi connectivity index (χ3n) is 6.26. The van der Waals surface area contributed by atoms with Crippen LogP contribution in [0.4, 0.5) is 5.69 Å². The van der Waals surface area contributed by atoms with Gasteiger partial charge in [0.15, 0.2) is 11.5 Å². The summed E-state index contributed by atoms with van der Waals surface area (Å²) in [4.78, 5) is 28.4. The largest absolute Gasteiger partial charge is 0.486 e. The van der Waals surface area contributed by atoms with E-state index in [1.807, 2.05) is 38.1 Å². The number of hydrogen-bond donors (Lipinski definition) is 1. The van der Waals surface area contributed by atoms with Crippen molar-refractivity contribution in [2.24, 2.45) is 0 Å². The fraction of sp³-hybridized carbons (Fsp3) is 0.310. The molecule has 1 heterocycles. The van der Waals surface area contributed by atoms with Crippen LogP contribution in [-0.4, -0.2) is 57.0 Å². The van der Waals surface area contributed by atoms with Crippen molar-refractivity contribution in [3.05, 3.63) is 82.8 Å². The molecule has 2 amide bonds. The fourth-order valence-corrected chi connectivity index (χ4v) is 6.13. The number of halogens is 1. The molecule has 1 atom stereocenters. The SMILES string of the molecule is CC(C)NC(=O)C(C)N(Cc1cccc(Br)c1)C(=O)CN(c1ccc2c(c1)OCCO2)S(=O)(=O)c1ccccc1. The summed E-state index contributed by atoms with van der Waals surface area (Å²) < 4.78 is 41.0. The number of fused-ring (bicyclic) bond motifs is 1. The monoisotopic (exact) mass is 629 g/mol. The first kappa shape index (κ1) is 29.4. The van der Waals surface area contributed by atoms with Crippen molar-refractivity contribution < 1.29 is 27.5 Å². The Bertz CT molecular complexity index is 1470. The zero-order valence-electron chi connectivity index (χ0n) is 22.5. The van der Waals surface area contributed by atoms with Gasteiger partial charge in [-0.2, -0.15) is 0 Å². The van der Waals surface area contributed by atoms with Crippen molar-refractivity contribution in [1.29, 1.82) is 0 Å². The molecule has 4 rings (SSSR count). The lowest BCUT2D eigenvalue weighted by molar-refractivity contribution is -0.139. The molecule has 0 aliphatic carbocycles. The maximum atomic E-state index is 14.0. The predicted octanol–water partition coefficient (Wildman–Crippen LogP) is 4.36. The molecule has 1 aliphatic rings. The van der Waals surface area contributed by atoms with Crippen LogP contribution in [0.15, 0.2) is 82.2 Å². The summed E-state index contributed by atoms with van der Waals surface area (Å²) >= 11 is 3.45. The lowest BCUT2D eigenvalue weighted by atomic mass is 10.1. The Hall–Kier alpha value is -3.57. The second-order valence-corrected chi connectivity index (χ2v) is 12.4. The molecule has 3 aromatic rings. The predicted molar refractivity (Wildman–Crippen MR) is 156 cm³/mol. The molecule has 11 heteroatoms. The summed E-state index contributed by atoms with van der Waals surface area (Å²) in [5.74, 6) is 0.00435. The number of benzene rings is 3. The van der Waals surface area contributed by atoms with Gasteiger partial charge in [-0.05, 0) is 62.7 Å². The summed E-state index contributed by atoms with van der Waals surface area (Å²) in [5, 5.41) is 2.85. The Labute approximate surface area is 243 Å². The Balaban J connectivity index is 1.73. The van der Waals surface area contributed by atoms with Crippen molar-refractivity contribution in [2.45, 2.75) is 44.3 Å². The van der Waals surface area contributed by atoms with Crippen LogP contribution in [0.25, 0.3) is 0 Å². The minimum atomic E-state index is -4.17. The summed E-state index contributed by atoms with van der Waals surface area (Å²) in [5.41, 5.74) is 1.02. The molecule has 212 valence electrons. The van der Waals surface area contributed by atoms with Crippen LogP contribution in [0.3, 0.4) is 0 Å². The van der Waals surface area contributed by atoms with E-state index in [-0.39, 0.29) is 29.1 Å². The smallest absolute Gasteiger partial charge is 0.264 e. The van der Waals surface area contributed by atoms with Crippen molar-refractivity contribution in [3.63, 3.8) is 0 Å². The number of carbonyl (C=O) groups excluding carboxylic acids is 2. The molecule has 3 aromatic carbocycles. The van der Waals surface area contributed by atoms with Crippen LogP contribution < -0.4 is 19.1 Å². The molecular weight excluding hydrogens is 598 g/mol. The third-order valence-corrected chi connectivity index (χ3v) is 8.55. The van der Waals surface area contributed by atoms with Crippen LogP contribution in [0.1, 0.15) is 26.3 Å². The van der Waals surface area contributed by atoms with E-state index in [2.05, 4.69) is 21.2 Å². The minimum absolute atomic E-state index is 0.0295. The second kappa shape index (κ2) is 12.7. The highest BCUT2D eigenvalue weighted by Gasteiger charge is 2.33. The van der Waals surface area contributed by atoms with Gasteiger partial charge in [0.2, 0.25) is 11.8 Å². The Morgan fingerprint density at radius 2 is 1.62 bits per heavy atom. The molecule has 1 unspecified atom stereocenters. The molecule has 0 aromatic heterocycles. The average Bonchev–Trinajstić information content (AvgIpc) is 2.94. The van der Waals surface area contributed by atoms with Gasteiger partial charge in [0, 0.05) is 23.1 Å². The number of amides is 2. The molecule has 0 fully saturated rings. The number of rotatable bonds is 10. The molecule has 1 aliphatic heterocycles. The number of nitrogens with zero attached hydrogens (tertiary/aromatic N) is 2. The standard InChI is InChI=1S/C29H32BrN3O6S/c1-20(2)31-29(35)21(3)32(18-22-8-7-9-23(30)16-22)28(34)19-33(40(36,37)25-10-5-4-6-11-25)24-12-13-26-27(17-24)39-15-14-38-26/h4-13,16-17,20-21H,14-15,18-19H2,1-3H3,(H,31,35). The lowest BCUT2D eigenvalue weighted by Crippen LogP contribution is -2.52. The van der Waals surface area contributed by atoms with Gasteiger partial charge in [0.1, 0.15) is 25.8 Å². The molecule has 0 saturated heterocycles. The quantitative estimate of drug-likeness (QED) is 0.357. The van der Waals surface area contributed by atoms with E-state index in [4.69, 9.17) is 9.47 Å². The van der Waals surface area contributed by atoms with Gasteiger partial charge < -0.3 is 19.7 Å². The highest BCUT2D eigenvalue weighted by molar-refractivity contribution is 9.10. The van der Waals surface area contributed by atoms with Gasteiger partial charge in [0.25, 0.3) is 10.0 Å². The number of anilines is 1. The molecule has 0 radical (unpaired) electrons. The zero-order chi connectivity index (χ0) is 28.9. The summed E-state index contributed by atoms with van der Waals surface area (Å²) in [6.45, 7) is 5.58. The molecule has 0 spiro atoms. The van der Waals surface area contributed by atoms with Crippen molar-refractivity contribution in [3.8, 4) is 11.5 Å². The van der Waals surface area contributed by atoms with E-state index in [1.165, 1.54) is 17.0 Å². The van der Waals surface area contributed by atoms with E-state index in [0.717, 1.165) is 14.3 Å². The first-order valence-electron chi connectivity index (χ1n) is 12.9. The number of nitrogens with one attached hydrogen (secondary N) is 1. The normalized spacial score (nSPS) is 13.4. The van der Waals surface area contributed by atoms with E-state index in [9.17, 15) is 18.0 Å². The molecular formula is C29H32BrN3O6S. The van der Waals surface area contributed by atoms with Crippen molar-refractivity contribution in [2.75, 3.05) is 24.1 Å². The minimum Gasteiger partial charge on any atom is -0.486 e. The molecule has 0 saturated carbocycles. The zero-order valence-corrected chi connectivity index (χ0v) is 24.9. The van der Waals surface area contributed by atoms with Gasteiger partial charge in [0.05, 0.1) is 10.6 Å².